The summed E-state index contributed by atoms with van der Waals surface area (Å²) in [5, 5.41) is 12.6. The molecule has 6 rings (SSSR count). The van der Waals surface area contributed by atoms with Gasteiger partial charge in [-0.15, -0.1) is 15.3 Å². The van der Waals surface area contributed by atoms with Gasteiger partial charge in [0.15, 0.2) is 5.65 Å². The molecule has 2 bridgehead atoms. The lowest BCUT2D eigenvalue weighted by Crippen LogP contribution is -2.23. The molecule has 1 aliphatic heterocycles. The van der Waals surface area contributed by atoms with Crippen molar-refractivity contribution in [3.05, 3.63) is 30.6 Å². The largest absolute Gasteiger partial charge is 0.344 e. The molecule has 0 amide bonds. The van der Waals surface area contributed by atoms with Crippen molar-refractivity contribution in [3.63, 3.8) is 0 Å². The fraction of sp³-hybridized carbons (Fsp3) is 0.533. The molecule has 20 heavy (non-hydrogen) atoms. The molecule has 3 fully saturated rings. The van der Waals surface area contributed by atoms with Crippen LogP contribution in [0.1, 0.15) is 12.8 Å². The molecule has 0 N–H and O–H groups in total. The second-order valence-electron chi connectivity index (χ2n) is 6.68. The standard InChI is InChI=1S/C15H15N5/c1-2-8-9(3-1)11-6-10(8)14-15(11)20(14)13-5-4-12-17-16-7-19(12)18-13/h1-2,4-5,7-11,14-15H,3,6H2/t8-,9?,10+,11+,14-,15+,20?/m0/s1. The van der Waals surface area contributed by atoms with Gasteiger partial charge in [0.2, 0.25) is 0 Å². The van der Waals surface area contributed by atoms with Crippen LogP contribution in [-0.4, -0.2) is 31.9 Å². The van der Waals surface area contributed by atoms with Crippen molar-refractivity contribution in [2.45, 2.75) is 24.9 Å². The Morgan fingerprint density at radius 3 is 3.05 bits per heavy atom. The molecule has 3 aliphatic carbocycles. The van der Waals surface area contributed by atoms with Crippen molar-refractivity contribution < 1.29 is 0 Å². The Bertz CT molecular complexity index is 750. The van der Waals surface area contributed by atoms with Crippen LogP contribution >= 0.6 is 0 Å². The first kappa shape index (κ1) is 9.91. The molecular formula is C15H15N5. The van der Waals surface area contributed by atoms with Crippen LogP contribution in [0.15, 0.2) is 30.6 Å². The zero-order valence-electron chi connectivity index (χ0n) is 11.0. The lowest BCUT2D eigenvalue weighted by molar-refractivity contribution is 0.319. The fourth-order valence-electron chi connectivity index (χ4n) is 5.37. The summed E-state index contributed by atoms with van der Waals surface area (Å²) in [6.07, 6.45) is 9.33. The van der Waals surface area contributed by atoms with Gasteiger partial charge in [0.25, 0.3) is 0 Å². The number of hydrogen-bond acceptors (Lipinski definition) is 4. The van der Waals surface area contributed by atoms with Crippen LogP contribution in [0.25, 0.3) is 5.65 Å². The smallest absolute Gasteiger partial charge is 0.177 e. The molecule has 1 unspecified atom stereocenters. The lowest BCUT2D eigenvalue weighted by Gasteiger charge is -2.21. The number of rotatable bonds is 1. The highest BCUT2D eigenvalue weighted by atomic mass is 15.5. The van der Waals surface area contributed by atoms with Crippen molar-refractivity contribution in [1.29, 1.82) is 0 Å². The van der Waals surface area contributed by atoms with E-state index >= 15 is 0 Å². The molecule has 0 radical (unpaired) electrons. The second-order valence-corrected chi connectivity index (χ2v) is 6.68. The van der Waals surface area contributed by atoms with Crippen molar-refractivity contribution in [1.82, 2.24) is 19.8 Å². The molecule has 2 aromatic heterocycles. The minimum atomic E-state index is 0.741. The van der Waals surface area contributed by atoms with E-state index in [0.29, 0.717) is 0 Å². The van der Waals surface area contributed by atoms with Gasteiger partial charge < -0.3 is 4.90 Å². The number of hydrogen-bond donors (Lipinski definition) is 0. The number of aromatic nitrogens is 4. The fourth-order valence-corrected chi connectivity index (χ4v) is 5.37. The van der Waals surface area contributed by atoms with Gasteiger partial charge in [-0.3, -0.25) is 0 Å². The van der Waals surface area contributed by atoms with Crippen molar-refractivity contribution in [2.24, 2.45) is 23.7 Å². The minimum Gasteiger partial charge on any atom is -0.344 e. The highest BCUT2D eigenvalue weighted by Gasteiger charge is 2.70. The maximum Gasteiger partial charge on any atom is 0.177 e. The summed E-state index contributed by atoms with van der Waals surface area (Å²) in [5.74, 6) is 4.64. The van der Waals surface area contributed by atoms with Crippen LogP contribution in [0.2, 0.25) is 0 Å². The summed E-state index contributed by atoms with van der Waals surface area (Å²) in [7, 11) is 0. The summed E-state index contributed by atoms with van der Waals surface area (Å²) in [5.41, 5.74) is 0.823. The van der Waals surface area contributed by atoms with E-state index in [1.54, 1.807) is 10.8 Å². The van der Waals surface area contributed by atoms with E-state index < -0.39 is 0 Å². The zero-order valence-corrected chi connectivity index (χ0v) is 11.0. The number of piperidine rings is 1. The Morgan fingerprint density at radius 1 is 1.10 bits per heavy atom. The average Bonchev–Trinajstić information content (AvgIpc) is 2.96. The van der Waals surface area contributed by atoms with Crippen LogP contribution in [0.4, 0.5) is 5.82 Å². The molecule has 0 spiro atoms. The third-order valence-corrected chi connectivity index (χ3v) is 6.04. The maximum absolute atomic E-state index is 4.67. The van der Waals surface area contributed by atoms with Crippen molar-refractivity contribution in [2.75, 3.05) is 4.90 Å². The van der Waals surface area contributed by atoms with Crippen LogP contribution in [0.5, 0.6) is 0 Å². The first-order valence-corrected chi connectivity index (χ1v) is 7.54. The second kappa shape index (κ2) is 3.05. The number of allylic oxidation sites excluding steroid dienone is 2. The third-order valence-electron chi connectivity index (χ3n) is 6.04. The number of anilines is 1. The van der Waals surface area contributed by atoms with Crippen molar-refractivity contribution >= 4 is 11.5 Å². The Kier molecular flexibility index (Phi) is 1.51. The zero-order chi connectivity index (χ0) is 12.8. The predicted octanol–water partition coefficient (Wildman–Crippen LogP) is 1.52. The van der Waals surface area contributed by atoms with E-state index in [1.807, 2.05) is 6.07 Å². The SMILES string of the molecule is C1=C[C@H]2C(C1)[C@H]1C[C@H]2[C@H]2[C@@H]1N2c1ccc2nncn2n1. The van der Waals surface area contributed by atoms with E-state index in [1.165, 1.54) is 12.8 Å². The highest BCUT2D eigenvalue weighted by Crippen LogP contribution is 2.66. The molecule has 3 heterocycles. The summed E-state index contributed by atoms with van der Waals surface area (Å²) in [4.78, 5) is 2.55. The molecule has 5 nitrogen and oxygen atoms in total. The molecular weight excluding hydrogens is 250 g/mol. The monoisotopic (exact) mass is 265 g/mol. The third kappa shape index (κ3) is 0.982. The Hall–Kier alpha value is -1.91. The lowest BCUT2D eigenvalue weighted by atomic mass is 9.82. The molecule has 2 saturated carbocycles. The summed E-state index contributed by atoms with van der Waals surface area (Å²) in [6.45, 7) is 0. The molecule has 5 heteroatoms. The maximum atomic E-state index is 4.67. The normalized spacial score (nSPS) is 43.3. The van der Waals surface area contributed by atoms with Crippen molar-refractivity contribution in [3.8, 4) is 0 Å². The van der Waals surface area contributed by atoms with Gasteiger partial charge >= 0.3 is 0 Å². The summed E-state index contributed by atoms with van der Waals surface area (Å²) in [6, 6.07) is 5.62. The van der Waals surface area contributed by atoms with Gasteiger partial charge in [0.1, 0.15) is 12.1 Å². The molecule has 2 aromatic rings. The first-order chi connectivity index (χ1) is 9.92. The quantitative estimate of drug-likeness (QED) is 0.579. The average molecular weight is 265 g/mol. The van der Waals surface area contributed by atoms with Crippen LogP contribution < -0.4 is 4.90 Å². The number of nitrogens with zero attached hydrogens (tertiary/aromatic N) is 5. The minimum absolute atomic E-state index is 0.741. The van der Waals surface area contributed by atoms with E-state index in [-0.39, 0.29) is 0 Å². The summed E-state index contributed by atoms with van der Waals surface area (Å²) >= 11 is 0. The Balaban J connectivity index is 1.40. The molecule has 100 valence electrons. The Labute approximate surface area is 116 Å². The van der Waals surface area contributed by atoms with E-state index in [9.17, 15) is 0 Å². The molecule has 6 atom stereocenters. The van der Waals surface area contributed by atoms with Crippen LogP contribution in [-0.2, 0) is 0 Å². The van der Waals surface area contributed by atoms with Gasteiger partial charge in [-0.1, -0.05) is 12.2 Å². The van der Waals surface area contributed by atoms with Gasteiger partial charge in [-0.05, 0) is 48.6 Å². The van der Waals surface area contributed by atoms with Gasteiger partial charge in [-0.25, -0.2) is 0 Å². The van der Waals surface area contributed by atoms with Crippen LogP contribution in [0, 0.1) is 23.7 Å². The van der Waals surface area contributed by atoms with Gasteiger partial charge in [-0.2, -0.15) is 4.52 Å². The molecule has 4 aliphatic rings. The number of fused-ring (bicyclic) bond motifs is 9. The van der Waals surface area contributed by atoms with Crippen LogP contribution in [0.3, 0.4) is 0 Å². The topological polar surface area (TPSA) is 46.1 Å². The van der Waals surface area contributed by atoms with E-state index in [4.69, 9.17) is 0 Å². The molecule has 1 saturated heterocycles. The Morgan fingerprint density at radius 2 is 2.05 bits per heavy atom. The highest BCUT2D eigenvalue weighted by molar-refractivity contribution is 5.57. The summed E-state index contributed by atoms with van der Waals surface area (Å²) < 4.78 is 1.78. The van der Waals surface area contributed by atoms with E-state index in [2.05, 4.69) is 38.4 Å². The molecule has 0 aromatic carbocycles. The van der Waals surface area contributed by atoms with Gasteiger partial charge in [0, 0.05) is 0 Å². The first-order valence-electron chi connectivity index (χ1n) is 7.54. The van der Waals surface area contributed by atoms with Gasteiger partial charge in [0.05, 0.1) is 12.1 Å². The van der Waals surface area contributed by atoms with E-state index in [0.717, 1.165) is 47.2 Å². The predicted molar refractivity (Wildman–Crippen MR) is 73.2 cm³/mol.